The van der Waals surface area contributed by atoms with Gasteiger partial charge in [-0.1, -0.05) is 22.0 Å². The zero-order valence-corrected chi connectivity index (χ0v) is 13.3. The van der Waals surface area contributed by atoms with Gasteiger partial charge in [0.05, 0.1) is 19.1 Å². The van der Waals surface area contributed by atoms with Crippen LogP contribution in [0.15, 0.2) is 53.3 Å². The van der Waals surface area contributed by atoms with Crippen molar-refractivity contribution in [2.24, 2.45) is 0 Å². The lowest BCUT2D eigenvalue weighted by molar-refractivity contribution is -0.122. The van der Waals surface area contributed by atoms with Gasteiger partial charge in [0.1, 0.15) is 5.75 Å². The van der Waals surface area contributed by atoms with Gasteiger partial charge in [-0.2, -0.15) is 0 Å². The number of benzene rings is 1. The van der Waals surface area contributed by atoms with Crippen LogP contribution < -0.4 is 10.1 Å². The number of pyridine rings is 1. The van der Waals surface area contributed by atoms with Crippen molar-refractivity contribution in [3.8, 4) is 5.75 Å². The second-order valence-corrected chi connectivity index (χ2v) is 5.54. The maximum absolute atomic E-state index is 11.9. The molecule has 0 fully saturated rings. The minimum absolute atomic E-state index is 0.0330. The van der Waals surface area contributed by atoms with Gasteiger partial charge in [-0.15, -0.1) is 0 Å². The van der Waals surface area contributed by atoms with Gasteiger partial charge in [0.25, 0.3) is 0 Å². The van der Waals surface area contributed by atoms with Crippen molar-refractivity contribution >= 4 is 21.8 Å². The Morgan fingerprint density at radius 3 is 2.81 bits per heavy atom. The number of carbonyl (C=O) groups is 1. The van der Waals surface area contributed by atoms with Crippen LogP contribution in [-0.2, 0) is 4.79 Å². The molecule has 2 aromatic rings. The molecular formula is C16H17BrN2O2. The van der Waals surface area contributed by atoms with E-state index < -0.39 is 0 Å². The molecule has 21 heavy (non-hydrogen) atoms. The average Bonchev–Trinajstić information content (AvgIpc) is 2.48. The van der Waals surface area contributed by atoms with E-state index >= 15 is 0 Å². The van der Waals surface area contributed by atoms with Crippen LogP contribution >= 0.6 is 15.9 Å². The van der Waals surface area contributed by atoms with E-state index in [9.17, 15) is 4.79 Å². The summed E-state index contributed by atoms with van der Waals surface area (Å²) < 4.78 is 6.50. The third-order valence-electron chi connectivity index (χ3n) is 2.98. The van der Waals surface area contributed by atoms with Crippen LogP contribution in [0.1, 0.15) is 24.9 Å². The number of aromatic nitrogens is 1. The van der Waals surface area contributed by atoms with Gasteiger partial charge in [0.2, 0.25) is 5.91 Å². The Morgan fingerprint density at radius 1 is 1.33 bits per heavy atom. The number of nitrogens with one attached hydrogen (secondary N) is 1. The standard InChI is InChI=1S/C16H17BrN2O2/c1-12(13-5-8-18-9-6-13)19-16(20)7-10-21-15-4-2-3-14(17)11-15/h2-6,8-9,11-12H,7,10H2,1H3,(H,19,20). The Bertz CT molecular complexity index is 590. The van der Waals surface area contributed by atoms with Gasteiger partial charge in [0.15, 0.2) is 0 Å². The number of carbonyl (C=O) groups excluding carboxylic acids is 1. The fraction of sp³-hybridized carbons (Fsp3) is 0.250. The zero-order chi connectivity index (χ0) is 15.1. The van der Waals surface area contributed by atoms with E-state index in [1.807, 2.05) is 43.3 Å². The van der Waals surface area contributed by atoms with E-state index in [2.05, 4.69) is 26.2 Å². The van der Waals surface area contributed by atoms with Crippen LogP contribution in [0.2, 0.25) is 0 Å². The first-order chi connectivity index (χ1) is 10.1. The summed E-state index contributed by atoms with van der Waals surface area (Å²) >= 11 is 3.38. The molecule has 1 aromatic carbocycles. The van der Waals surface area contributed by atoms with Gasteiger partial charge in [-0.05, 0) is 42.8 Å². The van der Waals surface area contributed by atoms with Crippen molar-refractivity contribution in [2.75, 3.05) is 6.61 Å². The van der Waals surface area contributed by atoms with E-state index in [0.29, 0.717) is 13.0 Å². The SMILES string of the molecule is CC(NC(=O)CCOc1cccc(Br)c1)c1ccncc1. The summed E-state index contributed by atoms with van der Waals surface area (Å²) in [6.07, 6.45) is 3.75. The van der Waals surface area contributed by atoms with E-state index in [0.717, 1.165) is 15.8 Å². The normalized spacial score (nSPS) is 11.7. The third-order valence-corrected chi connectivity index (χ3v) is 3.47. The molecule has 4 nitrogen and oxygen atoms in total. The molecule has 0 radical (unpaired) electrons. The second kappa shape index (κ2) is 7.78. The Kier molecular flexibility index (Phi) is 5.75. The average molecular weight is 349 g/mol. The van der Waals surface area contributed by atoms with E-state index in [1.165, 1.54) is 0 Å². The fourth-order valence-electron chi connectivity index (χ4n) is 1.87. The number of hydrogen-bond acceptors (Lipinski definition) is 3. The Hall–Kier alpha value is -1.88. The predicted octanol–water partition coefficient (Wildman–Crippen LogP) is 3.49. The molecular weight excluding hydrogens is 332 g/mol. The number of halogens is 1. The number of ether oxygens (including phenoxy) is 1. The molecule has 2 rings (SSSR count). The highest BCUT2D eigenvalue weighted by molar-refractivity contribution is 9.10. The summed E-state index contributed by atoms with van der Waals surface area (Å²) in [5.41, 5.74) is 1.03. The van der Waals surface area contributed by atoms with Gasteiger partial charge >= 0.3 is 0 Å². The van der Waals surface area contributed by atoms with Crippen LogP contribution in [0.3, 0.4) is 0 Å². The van der Waals surface area contributed by atoms with Crippen molar-refractivity contribution in [3.63, 3.8) is 0 Å². The smallest absolute Gasteiger partial charge is 0.223 e. The molecule has 0 spiro atoms. The molecule has 0 aliphatic rings. The maximum Gasteiger partial charge on any atom is 0.223 e. The largest absolute Gasteiger partial charge is 0.493 e. The van der Waals surface area contributed by atoms with Crippen molar-refractivity contribution in [1.82, 2.24) is 10.3 Å². The molecule has 1 atom stereocenters. The summed E-state index contributed by atoms with van der Waals surface area (Å²) in [4.78, 5) is 15.8. The summed E-state index contributed by atoms with van der Waals surface area (Å²) in [7, 11) is 0. The molecule has 5 heteroatoms. The molecule has 0 saturated carbocycles. The van der Waals surface area contributed by atoms with Crippen molar-refractivity contribution in [1.29, 1.82) is 0 Å². The first-order valence-electron chi connectivity index (χ1n) is 6.73. The van der Waals surface area contributed by atoms with Crippen LogP contribution in [0, 0.1) is 0 Å². The van der Waals surface area contributed by atoms with Gasteiger partial charge < -0.3 is 10.1 Å². The highest BCUT2D eigenvalue weighted by Gasteiger charge is 2.09. The molecule has 0 bridgehead atoms. The molecule has 0 aliphatic carbocycles. The van der Waals surface area contributed by atoms with Crippen LogP contribution in [0.25, 0.3) is 0 Å². The van der Waals surface area contributed by atoms with Gasteiger partial charge in [0, 0.05) is 16.9 Å². The monoisotopic (exact) mass is 348 g/mol. The highest BCUT2D eigenvalue weighted by Crippen LogP contribution is 2.17. The van der Waals surface area contributed by atoms with Crippen molar-refractivity contribution < 1.29 is 9.53 Å². The third kappa shape index (κ3) is 5.19. The quantitative estimate of drug-likeness (QED) is 0.869. The lowest BCUT2D eigenvalue weighted by Gasteiger charge is -2.14. The maximum atomic E-state index is 11.9. The van der Waals surface area contributed by atoms with Crippen LogP contribution in [0.5, 0.6) is 5.75 Å². The van der Waals surface area contributed by atoms with Crippen LogP contribution in [-0.4, -0.2) is 17.5 Å². The minimum Gasteiger partial charge on any atom is -0.493 e. The van der Waals surface area contributed by atoms with E-state index in [1.54, 1.807) is 12.4 Å². The molecule has 1 aromatic heterocycles. The lowest BCUT2D eigenvalue weighted by atomic mass is 10.1. The summed E-state index contributed by atoms with van der Waals surface area (Å²) in [5, 5.41) is 2.94. The Labute approximate surface area is 132 Å². The molecule has 110 valence electrons. The summed E-state index contributed by atoms with van der Waals surface area (Å²) in [5.74, 6) is 0.716. The molecule has 1 heterocycles. The predicted molar refractivity (Wildman–Crippen MR) is 85.0 cm³/mol. The molecule has 1 N–H and O–H groups in total. The van der Waals surface area contributed by atoms with Crippen LogP contribution in [0.4, 0.5) is 0 Å². The van der Waals surface area contributed by atoms with Gasteiger partial charge in [-0.3, -0.25) is 9.78 Å². The first-order valence-corrected chi connectivity index (χ1v) is 7.52. The number of amides is 1. The Balaban J connectivity index is 1.75. The molecule has 0 aliphatic heterocycles. The number of nitrogens with zero attached hydrogens (tertiary/aromatic N) is 1. The topological polar surface area (TPSA) is 51.2 Å². The van der Waals surface area contributed by atoms with E-state index in [4.69, 9.17) is 4.74 Å². The molecule has 1 unspecified atom stereocenters. The number of hydrogen-bond donors (Lipinski definition) is 1. The molecule has 1 amide bonds. The summed E-state index contributed by atoms with van der Waals surface area (Å²) in [6, 6.07) is 11.3. The summed E-state index contributed by atoms with van der Waals surface area (Å²) in [6.45, 7) is 2.30. The van der Waals surface area contributed by atoms with Crippen molar-refractivity contribution in [3.05, 3.63) is 58.8 Å². The zero-order valence-electron chi connectivity index (χ0n) is 11.8. The molecule has 0 saturated heterocycles. The number of rotatable bonds is 6. The van der Waals surface area contributed by atoms with E-state index in [-0.39, 0.29) is 11.9 Å². The second-order valence-electron chi connectivity index (χ2n) is 4.63. The Morgan fingerprint density at radius 2 is 2.10 bits per heavy atom. The lowest BCUT2D eigenvalue weighted by Crippen LogP contribution is -2.27. The fourth-order valence-corrected chi connectivity index (χ4v) is 2.25. The minimum atomic E-state index is -0.0358. The van der Waals surface area contributed by atoms with Crippen molar-refractivity contribution in [2.45, 2.75) is 19.4 Å². The first kappa shape index (κ1) is 15.5. The highest BCUT2D eigenvalue weighted by atomic mass is 79.9. The van der Waals surface area contributed by atoms with Gasteiger partial charge in [-0.25, -0.2) is 0 Å².